The van der Waals surface area contributed by atoms with Crippen molar-refractivity contribution >= 4 is 23.5 Å². The molecule has 7 nitrogen and oxygen atoms in total. The highest BCUT2D eigenvalue weighted by Crippen LogP contribution is 2.68. The Morgan fingerprint density at radius 1 is 1.31 bits per heavy atom. The van der Waals surface area contributed by atoms with E-state index >= 15 is 0 Å². The largest absolute Gasteiger partial charge is 0.393 e. The SMILES string of the molecule is C[C@@H]1C[C@H]2[C@@H]3CCC4=Cc5c(cnn5-c5cnccc5Cl)C[C@]4(C)[C@H]3[C@@H](O)C[C@]2(C)[C@@]1(O)C(=O)CO. The highest BCUT2D eigenvalue weighted by molar-refractivity contribution is 6.32. The number of rotatable bonds is 3. The molecule has 36 heavy (non-hydrogen) atoms. The van der Waals surface area contributed by atoms with E-state index in [1.54, 1.807) is 18.5 Å². The molecule has 0 aliphatic heterocycles. The molecule has 0 radical (unpaired) electrons. The number of halogens is 1. The lowest BCUT2D eigenvalue weighted by Crippen LogP contribution is -2.63. The normalized spacial score (nSPS) is 41.1. The molecule has 3 fully saturated rings. The van der Waals surface area contributed by atoms with Gasteiger partial charge in [0, 0.05) is 11.6 Å². The van der Waals surface area contributed by atoms with Crippen molar-refractivity contribution in [2.75, 3.05) is 6.61 Å². The predicted octanol–water partition coefficient (Wildman–Crippen LogP) is 3.61. The summed E-state index contributed by atoms with van der Waals surface area (Å²) in [5, 5.41) is 38.3. The number of carbonyl (C=O) groups is 1. The number of aliphatic hydroxyl groups excluding tert-OH is 2. The molecule has 4 aliphatic carbocycles. The first-order valence-electron chi connectivity index (χ1n) is 13.0. The molecule has 2 aromatic rings. The van der Waals surface area contributed by atoms with Gasteiger partial charge in [0.25, 0.3) is 0 Å². The third kappa shape index (κ3) is 2.94. The molecule has 0 saturated heterocycles. The average Bonchev–Trinajstić information content (AvgIpc) is 3.33. The van der Waals surface area contributed by atoms with Crippen molar-refractivity contribution < 1.29 is 20.1 Å². The minimum atomic E-state index is -1.61. The molecule has 6 rings (SSSR count). The van der Waals surface area contributed by atoms with Crippen molar-refractivity contribution in [1.82, 2.24) is 14.8 Å². The fourth-order valence-corrected chi connectivity index (χ4v) is 9.13. The number of aromatic nitrogens is 3. The predicted molar refractivity (Wildman–Crippen MR) is 135 cm³/mol. The van der Waals surface area contributed by atoms with Gasteiger partial charge in [0.15, 0.2) is 5.78 Å². The maximum Gasteiger partial charge on any atom is 0.190 e. The van der Waals surface area contributed by atoms with E-state index in [1.165, 1.54) is 5.57 Å². The zero-order valence-electron chi connectivity index (χ0n) is 21.0. The topological polar surface area (TPSA) is 108 Å². The van der Waals surface area contributed by atoms with Crippen LogP contribution >= 0.6 is 11.6 Å². The van der Waals surface area contributed by atoms with E-state index in [4.69, 9.17) is 11.6 Å². The van der Waals surface area contributed by atoms with Crippen molar-refractivity contribution in [3.63, 3.8) is 0 Å². The molecule has 0 spiro atoms. The van der Waals surface area contributed by atoms with Crippen LogP contribution in [0.4, 0.5) is 0 Å². The molecule has 0 unspecified atom stereocenters. The fourth-order valence-electron chi connectivity index (χ4n) is 8.95. The number of Topliss-reactive ketones (excluding diaryl/α,β-unsaturated/α-hetero) is 1. The molecular weight excluding hydrogens is 478 g/mol. The summed E-state index contributed by atoms with van der Waals surface area (Å²) in [7, 11) is 0. The van der Waals surface area contributed by atoms with Gasteiger partial charge in [-0.1, -0.05) is 37.9 Å². The van der Waals surface area contributed by atoms with Crippen LogP contribution in [-0.4, -0.2) is 54.2 Å². The second-order valence-electron chi connectivity index (χ2n) is 12.1. The van der Waals surface area contributed by atoms with Gasteiger partial charge in [-0.05, 0) is 78.9 Å². The molecule has 3 N–H and O–H groups in total. The van der Waals surface area contributed by atoms with Gasteiger partial charge in [-0.25, -0.2) is 4.68 Å². The summed E-state index contributed by atoms with van der Waals surface area (Å²) in [6.07, 6.45) is 10.5. The van der Waals surface area contributed by atoms with E-state index in [-0.39, 0.29) is 29.1 Å². The first kappa shape index (κ1) is 24.3. The summed E-state index contributed by atoms with van der Waals surface area (Å²) >= 11 is 6.45. The number of ketones is 1. The number of fused-ring (bicyclic) bond motifs is 6. The molecule has 8 heteroatoms. The molecule has 2 heterocycles. The standard InChI is InChI=1S/C28H34ClN3O4/c1-15-8-19-18-5-4-17-9-21-16(12-31-32(21)22-13-30-7-6-20(22)29)10-26(17,2)25(18)23(34)11-27(19,3)28(15,36)24(35)14-33/h6-7,9,12-13,15,18-19,23,25,33-34,36H,4-5,8,10-11,14H2,1-3H3/t15-,18+,19+,23+,25-,26+,27+,28+/m1/s1. The van der Waals surface area contributed by atoms with Crippen LogP contribution in [-0.2, 0) is 11.2 Å². The lowest BCUT2D eigenvalue weighted by Gasteiger charge is -2.60. The van der Waals surface area contributed by atoms with E-state index in [2.05, 4.69) is 23.1 Å². The number of hydrogen-bond acceptors (Lipinski definition) is 6. The second-order valence-corrected chi connectivity index (χ2v) is 12.5. The van der Waals surface area contributed by atoms with Crippen LogP contribution in [0.1, 0.15) is 57.7 Å². The van der Waals surface area contributed by atoms with Crippen molar-refractivity contribution in [2.24, 2.45) is 34.5 Å². The van der Waals surface area contributed by atoms with Gasteiger partial charge in [-0.15, -0.1) is 0 Å². The molecule has 0 amide bonds. The molecule has 4 aliphatic rings. The summed E-state index contributed by atoms with van der Waals surface area (Å²) < 4.78 is 1.86. The number of carbonyl (C=O) groups excluding carboxylic acids is 1. The third-order valence-corrected chi connectivity index (χ3v) is 10.9. The third-order valence-electron chi connectivity index (χ3n) is 10.6. The van der Waals surface area contributed by atoms with Crippen molar-refractivity contribution in [2.45, 2.75) is 64.6 Å². The fraction of sp³-hybridized carbons (Fsp3) is 0.607. The van der Waals surface area contributed by atoms with Crippen molar-refractivity contribution in [3.05, 3.63) is 46.5 Å². The average molecular weight is 512 g/mol. The number of nitrogens with zero attached hydrogens (tertiary/aromatic N) is 3. The lowest BCUT2D eigenvalue weighted by molar-refractivity contribution is -0.186. The zero-order valence-corrected chi connectivity index (χ0v) is 21.7. The second kappa shape index (κ2) is 7.97. The number of aliphatic hydroxyl groups is 3. The molecule has 3 saturated carbocycles. The maximum absolute atomic E-state index is 12.8. The quantitative estimate of drug-likeness (QED) is 0.581. The molecule has 8 atom stereocenters. The monoisotopic (exact) mass is 511 g/mol. The van der Waals surface area contributed by atoms with Crippen LogP contribution in [0.25, 0.3) is 11.8 Å². The number of hydrogen-bond donors (Lipinski definition) is 3. The summed E-state index contributed by atoms with van der Waals surface area (Å²) in [4.78, 5) is 17.1. The van der Waals surface area contributed by atoms with Crippen LogP contribution in [0.15, 0.2) is 30.2 Å². The zero-order chi connectivity index (χ0) is 25.6. The molecular formula is C28H34ClN3O4. The van der Waals surface area contributed by atoms with Crippen LogP contribution in [0.2, 0.25) is 5.02 Å². The van der Waals surface area contributed by atoms with Gasteiger partial charge in [-0.2, -0.15) is 5.10 Å². The van der Waals surface area contributed by atoms with Crippen molar-refractivity contribution in [1.29, 1.82) is 0 Å². The van der Waals surface area contributed by atoms with Gasteiger partial charge in [-0.3, -0.25) is 9.78 Å². The van der Waals surface area contributed by atoms with E-state index in [0.29, 0.717) is 11.4 Å². The minimum absolute atomic E-state index is 0.0211. The van der Waals surface area contributed by atoms with E-state index < -0.39 is 29.5 Å². The Balaban J connectivity index is 1.39. The van der Waals surface area contributed by atoms with Gasteiger partial charge in [0.2, 0.25) is 0 Å². The lowest BCUT2D eigenvalue weighted by atomic mass is 9.45. The highest BCUT2D eigenvalue weighted by Gasteiger charge is 2.70. The van der Waals surface area contributed by atoms with Crippen LogP contribution < -0.4 is 0 Å². The van der Waals surface area contributed by atoms with Crippen molar-refractivity contribution in [3.8, 4) is 5.69 Å². The highest BCUT2D eigenvalue weighted by atomic mass is 35.5. The molecule has 0 aromatic carbocycles. The van der Waals surface area contributed by atoms with E-state index in [0.717, 1.165) is 42.6 Å². The Morgan fingerprint density at radius 2 is 2.08 bits per heavy atom. The summed E-state index contributed by atoms with van der Waals surface area (Å²) in [5.41, 5.74) is 1.58. The molecule has 2 aromatic heterocycles. The first-order valence-corrected chi connectivity index (χ1v) is 13.4. The van der Waals surface area contributed by atoms with Crippen LogP contribution in [0.3, 0.4) is 0 Å². The maximum atomic E-state index is 12.8. The Morgan fingerprint density at radius 3 is 2.81 bits per heavy atom. The first-order chi connectivity index (χ1) is 17.1. The van der Waals surface area contributed by atoms with Crippen LogP contribution in [0.5, 0.6) is 0 Å². The minimum Gasteiger partial charge on any atom is -0.393 e. The molecule has 192 valence electrons. The Bertz CT molecular complexity index is 1280. The van der Waals surface area contributed by atoms with Gasteiger partial charge < -0.3 is 15.3 Å². The number of allylic oxidation sites excluding steroid dienone is 1. The smallest absolute Gasteiger partial charge is 0.190 e. The van der Waals surface area contributed by atoms with Crippen LogP contribution in [0, 0.1) is 34.5 Å². The van der Waals surface area contributed by atoms with E-state index in [9.17, 15) is 20.1 Å². The van der Waals surface area contributed by atoms with Gasteiger partial charge in [0.05, 0.1) is 29.2 Å². The Hall–Kier alpha value is -2.06. The Labute approximate surface area is 216 Å². The number of pyridine rings is 1. The summed E-state index contributed by atoms with van der Waals surface area (Å²) in [6, 6.07) is 1.76. The Kier molecular flexibility index (Phi) is 5.38. The molecule has 0 bridgehead atoms. The summed E-state index contributed by atoms with van der Waals surface area (Å²) in [5.74, 6) is -0.459. The van der Waals surface area contributed by atoms with Gasteiger partial charge in [0.1, 0.15) is 17.9 Å². The summed E-state index contributed by atoms with van der Waals surface area (Å²) in [6.45, 7) is 5.47. The van der Waals surface area contributed by atoms with E-state index in [1.807, 2.05) is 24.7 Å². The van der Waals surface area contributed by atoms with Gasteiger partial charge >= 0.3 is 0 Å².